The molecule has 2 atom stereocenters. The van der Waals surface area contributed by atoms with E-state index in [1.165, 1.54) is 13.2 Å². The monoisotopic (exact) mass is 281 g/mol. The Hall–Kier alpha value is -1.62. The van der Waals surface area contributed by atoms with Crippen molar-refractivity contribution in [2.45, 2.75) is 19.9 Å². The highest BCUT2D eigenvalue weighted by Crippen LogP contribution is 2.24. The number of hydrogen-bond donors (Lipinski definition) is 1. The van der Waals surface area contributed by atoms with E-state index in [2.05, 4.69) is 11.8 Å². The zero-order chi connectivity index (χ0) is 14.7. The van der Waals surface area contributed by atoms with Crippen LogP contribution in [0.25, 0.3) is 0 Å². The van der Waals surface area contributed by atoms with Crippen molar-refractivity contribution in [1.29, 1.82) is 0 Å². The van der Waals surface area contributed by atoms with Crippen LogP contribution in [0.4, 0.5) is 4.39 Å². The quantitative estimate of drug-likeness (QED) is 0.920. The van der Waals surface area contributed by atoms with Gasteiger partial charge in [-0.3, -0.25) is 9.69 Å². The molecule has 20 heavy (non-hydrogen) atoms. The second kappa shape index (κ2) is 6.22. The topological polar surface area (TPSA) is 49.8 Å². The Morgan fingerprint density at radius 3 is 2.85 bits per heavy atom. The summed E-state index contributed by atoms with van der Waals surface area (Å²) < 4.78 is 18.5. The van der Waals surface area contributed by atoms with Crippen molar-refractivity contribution in [2.75, 3.05) is 20.2 Å². The van der Waals surface area contributed by atoms with Gasteiger partial charge in [0, 0.05) is 19.6 Å². The van der Waals surface area contributed by atoms with Crippen LogP contribution in [0.3, 0.4) is 0 Å². The van der Waals surface area contributed by atoms with Crippen LogP contribution in [0.1, 0.15) is 18.9 Å². The number of aliphatic carboxylic acids is 1. The minimum Gasteiger partial charge on any atom is -0.494 e. The number of rotatable bonds is 4. The predicted molar refractivity (Wildman–Crippen MR) is 73.1 cm³/mol. The van der Waals surface area contributed by atoms with E-state index in [1.807, 2.05) is 6.07 Å². The molecule has 1 heterocycles. The molecule has 1 aromatic carbocycles. The molecule has 0 bridgehead atoms. The molecule has 1 N–H and O–H groups in total. The number of nitrogens with zero attached hydrogens (tertiary/aromatic N) is 1. The lowest BCUT2D eigenvalue weighted by atomic mass is 9.90. The Bertz CT molecular complexity index is 492. The minimum absolute atomic E-state index is 0.226. The van der Waals surface area contributed by atoms with Gasteiger partial charge >= 0.3 is 5.97 Å². The molecule has 1 aliphatic rings. The Balaban J connectivity index is 2.05. The van der Waals surface area contributed by atoms with Gasteiger partial charge in [-0.1, -0.05) is 13.0 Å². The molecule has 0 aromatic heterocycles. The molecule has 2 unspecified atom stereocenters. The van der Waals surface area contributed by atoms with Gasteiger partial charge in [0.15, 0.2) is 11.6 Å². The number of ether oxygens (including phenoxy) is 1. The number of likely N-dealkylation sites (tertiary alicyclic amines) is 1. The van der Waals surface area contributed by atoms with Crippen molar-refractivity contribution in [3.63, 3.8) is 0 Å². The van der Waals surface area contributed by atoms with E-state index < -0.39 is 5.97 Å². The normalized spacial score (nSPS) is 23.6. The van der Waals surface area contributed by atoms with Gasteiger partial charge in [0.2, 0.25) is 0 Å². The standard InChI is InChI=1S/C15H20FNO3/c1-10-5-12(15(18)19)9-17(7-10)8-11-3-4-14(20-2)13(16)6-11/h3-4,6,10,12H,5,7-9H2,1-2H3,(H,18,19). The number of methoxy groups -OCH3 is 1. The second-order valence-corrected chi connectivity index (χ2v) is 5.54. The largest absolute Gasteiger partial charge is 0.494 e. The number of benzene rings is 1. The molecule has 0 saturated carbocycles. The van der Waals surface area contributed by atoms with Crippen molar-refractivity contribution >= 4 is 5.97 Å². The van der Waals surface area contributed by atoms with Gasteiger partial charge in [-0.05, 0) is 30.0 Å². The predicted octanol–water partition coefficient (Wildman–Crippen LogP) is 2.38. The summed E-state index contributed by atoms with van der Waals surface area (Å²) in [4.78, 5) is 13.2. The molecule has 5 heteroatoms. The van der Waals surface area contributed by atoms with Crippen molar-refractivity contribution in [2.24, 2.45) is 11.8 Å². The smallest absolute Gasteiger partial charge is 0.307 e. The summed E-state index contributed by atoms with van der Waals surface area (Å²) in [6.45, 7) is 3.98. The zero-order valence-electron chi connectivity index (χ0n) is 11.8. The summed E-state index contributed by atoms with van der Waals surface area (Å²) in [6, 6.07) is 4.87. The van der Waals surface area contributed by atoms with Crippen molar-refractivity contribution in [3.8, 4) is 5.75 Å². The van der Waals surface area contributed by atoms with Gasteiger partial charge in [-0.25, -0.2) is 4.39 Å². The third kappa shape index (κ3) is 3.48. The highest BCUT2D eigenvalue weighted by molar-refractivity contribution is 5.70. The van der Waals surface area contributed by atoms with E-state index in [0.717, 1.165) is 12.1 Å². The van der Waals surface area contributed by atoms with Crippen LogP contribution in [0.5, 0.6) is 5.75 Å². The van der Waals surface area contributed by atoms with Crippen molar-refractivity contribution in [3.05, 3.63) is 29.6 Å². The summed E-state index contributed by atoms with van der Waals surface area (Å²) in [5, 5.41) is 9.15. The first kappa shape index (κ1) is 14.8. The molecule has 110 valence electrons. The first-order valence-corrected chi connectivity index (χ1v) is 6.77. The summed E-state index contributed by atoms with van der Waals surface area (Å²) >= 11 is 0. The highest BCUT2D eigenvalue weighted by atomic mass is 19.1. The third-order valence-electron chi connectivity index (χ3n) is 3.71. The van der Waals surface area contributed by atoms with E-state index >= 15 is 0 Å². The number of hydrogen-bond acceptors (Lipinski definition) is 3. The lowest BCUT2D eigenvalue weighted by Crippen LogP contribution is -2.41. The molecule has 0 aliphatic carbocycles. The first-order chi connectivity index (χ1) is 9.49. The van der Waals surface area contributed by atoms with Crippen LogP contribution in [-0.2, 0) is 11.3 Å². The molecule has 4 nitrogen and oxygen atoms in total. The fraction of sp³-hybridized carbons (Fsp3) is 0.533. The van der Waals surface area contributed by atoms with Crippen molar-refractivity contribution < 1.29 is 19.0 Å². The molecule has 2 rings (SSSR count). The molecule has 0 amide bonds. The Labute approximate surface area is 118 Å². The molecule has 1 fully saturated rings. The number of carbonyl (C=O) groups is 1. The maximum Gasteiger partial charge on any atom is 0.307 e. The summed E-state index contributed by atoms with van der Waals surface area (Å²) in [7, 11) is 1.43. The highest BCUT2D eigenvalue weighted by Gasteiger charge is 2.29. The van der Waals surface area contributed by atoms with Crippen molar-refractivity contribution in [1.82, 2.24) is 4.90 Å². The Morgan fingerprint density at radius 2 is 2.25 bits per heavy atom. The molecular weight excluding hydrogens is 261 g/mol. The maximum atomic E-state index is 13.6. The van der Waals surface area contributed by atoms with Gasteiger partial charge in [0.05, 0.1) is 13.0 Å². The van der Waals surface area contributed by atoms with Gasteiger partial charge < -0.3 is 9.84 Å². The number of piperidine rings is 1. The zero-order valence-corrected chi connectivity index (χ0v) is 11.8. The average molecular weight is 281 g/mol. The maximum absolute atomic E-state index is 13.6. The number of carboxylic acid groups (broad SMARTS) is 1. The minimum atomic E-state index is -0.748. The van der Waals surface area contributed by atoms with Crippen LogP contribution in [0.15, 0.2) is 18.2 Å². The van der Waals surface area contributed by atoms with Crippen LogP contribution >= 0.6 is 0 Å². The first-order valence-electron chi connectivity index (χ1n) is 6.77. The van der Waals surface area contributed by atoms with Gasteiger partial charge in [0.25, 0.3) is 0 Å². The van der Waals surface area contributed by atoms with E-state index in [-0.39, 0.29) is 17.5 Å². The number of carboxylic acids is 1. The van der Waals surface area contributed by atoms with E-state index in [0.29, 0.717) is 25.4 Å². The van der Waals surface area contributed by atoms with Crippen LogP contribution in [0, 0.1) is 17.7 Å². The molecule has 0 radical (unpaired) electrons. The molecule has 1 aliphatic heterocycles. The third-order valence-corrected chi connectivity index (χ3v) is 3.71. The molecule has 1 aromatic rings. The van der Waals surface area contributed by atoms with Gasteiger partial charge in [-0.15, -0.1) is 0 Å². The molecular formula is C15H20FNO3. The van der Waals surface area contributed by atoms with E-state index in [1.54, 1.807) is 6.07 Å². The second-order valence-electron chi connectivity index (χ2n) is 5.54. The fourth-order valence-corrected chi connectivity index (χ4v) is 2.84. The fourth-order valence-electron chi connectivity index (χ4n) is 2.84. The van der Waals surface area contributed by atoms with E-state index in [4.69, 9.17) is 9.84 Å². The molecule has 1 saturated heterocycles. The Kier molecular flexibility index (Phi) is 4.60. The summed E-state index contributed by atoms with van der Waals surface area (Å²) in [6.07, 6.45) is 0.711. The SMILES string of the molecule is COc1ccc(CN2CC(C)CC(C(=O)O)C2)cc1F. The number of halogens is 1. The lowest BCUT2D eigenvalue weighted by Gasteiger charge is -2.34. The summed E-state index contributed by atoms with van der Waals surface area (Å²) in [5.41, 5.74) is 0.835. The van der Waals surface area contributed by atoms with Crippen LogP contribution < -0.4 is 4.74 Å². The van der Waals surface area contributed by atoms with Gasteiger partial charge in [-0.2, -0.15) is 0 Å². The van der Waals surface area contributed by atoms with Crippen LogP contribution in [-0.4, -0.2) is 36.2 Å². The van der Waals surface area contributed by atoms with Crippen LogP contribution in [0.2, 0.25) is 0 Å². The van der Waals surface area contributed by atoms with Gasteiger partial charge in [0.1, 0.15) is 0 Å². The molecule has 0 spiro atoms. The Morgan fingerprint density at radius 1 is 1.50 bits per heavy atom. The van der Waals surface area contributed by atoms with E-state index in [9.17, 15) is 9.18 Å². The summed E-state index contributed by atoms with van der Waals surface area (Å²) in [5.74, 6) is -0.897. The average Bonchev–Trinajstić information content (AvgIpc) is 2.38. The lowest BCUT2D eigenvalue weighted by molar-refractivity contribution is -0.144.